The molecule has 35 heavy (non-hydrogen) atoms. The fourth-order valence-electron chi connectivity index (χ4n) is 10.2. The van der Waals surface area contributed by atoms with E-state index in [1.54, 1.807) is 17.1 Å². The summed E-state index contributed by atoms with van der Waals surface area (Å²) in [6.45, 7) is 6.72. The average Bonchev–Trinajstić information content (AvgIpc) is 3.52. The predicted molar refractivity (Wildman–Crippen MR) is 134 cm³/mol. The molecular formula is C30H43N3O2. The Kier molecular flexibility index (Phi) is 6.11. The fourth-order valence-corrected chi connectivity index (χ4v) is 10.2. The molecule has 1 heterocycles. The Balaban J connectivity index is 1.20. The van der Waals surface area contributed by atoms with Crippen molar-refractivity contribution >= 4 is 5.78 Å². The van der Waals surface area contributed by atoms with Crippen LogP contribution in [0.5, 0.6) is 0 Å². The third-order valence-electron chi connectivity index (χ3n) is 11.7. The van der Waals surface area contributed by atoms with Crippen molar-refractivity contribution in [2.24, 2.45) is 52.3 Å². The van der Waals surface area contributed by atoms with Gasteiger partial charge in [-0.25, -0.2) is 0 Å². The van der Waals surface area contributed by atoms with Crippen molar-refractivity contribution in [3.63, 3.8) is 0 Å². The van der Waals surface area contributed by atoms with E-state index in [-0.39, 0.29) is 11.3 Å². The molecule has 5 aliphatic rings. The van der Waals surface area contributed by atoms with Crippen LogP contribution in [0.15, 0.2) is 12.4 Å². The molecule has 5 aliphatic carbocycles. The molecule has 5 heteroatoms. The number of nitriles is 1. The molecule has 0 spiro atoms. The first-order valence-corrected chi connectivity index (χ1v) is 14.5. The highest BCUT2D eigenvalue weighted by atomic mass is 16.5. The summed E-state index contributed by atoms with van der Waals surface area (Å²) < 4.78 is 7.55. The zero-order valence-corrected chi connectivity index (χ0v) is 21.8. The number of hydrogen-bond donors (Lipinski definition) is 0. The number of rotatable bonds is 7. The number of hydrogen-bond acceptors (Lipinski definition) is 4. The maximum absolute atomic E-state index is 13.5. The quantitative estimate of drug-likeness (QED) is 0.481. The van der Waals surface area contributed by atoms with Crippen LogP contribution in [0.4, 0.5) is 0 Å². The summed E-state index contributed by atoms with van der Waals surface area (Å²) in [4.78, 5) is 13.5. The van der Waals surface area contributed by atoms with Crippen LogP contribution in [-0.4, -0.2) is 28.8 Å². The van der Waals surface area contributed by atoms with Crippen molar-refractivity contribution < 1.29 is 9.53 Å². The number of nitrogens with zero attached hydrogens (tertiary/aromatic N) is 3. The topological polar surface area (TPSA) is 67.9 Å². The molecule has 190 valence electrons. The van der Waals surface area contributed by atoms with Crippen LogP contribution >= 0.6 is 0 Å². The number of ether oxygens (including phenoxy) is 1. The molecule has 0 radical (unpaired) electrons. The van der Waals surface area contributed by atoms with Crippen LogP contribution in [0.25, 0.3) is 0 Å². The van der Waals surface area contributed by atoms with Gasteiger partial charge >= 0.3 is 0 Å². The molecular weight excluding hydrogens is 434 g/mol. The molecule has 5 nitrogen and oxygen atoms in total. The molecule has 0 aromatic carbocycles. The Morgan fingerprint density at radius 1 is 1.11 bits per heavy atom. The maximum Gasteiger partial charge on any atom is 0.157 e. The van der Waals surface area contributed by atoms with Gasteiger partial charge in [0.15, 0.2) is 5.78 Å². The smallest absolute Gasteiger partial charge is 0.157 e. The molecule has 0 bridgehead atoms. The number of fused-ring (bicyclic) bond motifs is 5. The molecule has 6 rings (SSSR count). The van der Waals surface area contributed by atoms with Crippen LogP contribution in [0.2, 0.25) is 0 Å². The van der Waals surface area contributed by atoms with Gasteiger partial charge in [-0.1, -0.05) is 6.92 Å². The van der Waals surface area contributed by atoms with E-state index in [1.807, 2.05) is 0 Å². The van der Waals surface area contributed by atoms with E-state index >= 15 is 0 Å². The lowest BCUT2D eigenvalue weighted by atomic mass is 9.42. The number of Topliss-reactive ketones (excluding diaryl/α,β-unsaturated/α-hetero) is 1. The minimum Gasteiger partial charge on any atom is -0.381 e. The zero-order valence-electron chi connectivity index (χ0n) is 21.8. The number of aromatic nitrogens is 2. The van der Waals surface area contributed by atoms with Gasteiger partial charge in [0, 0.05) is 25.3 Å². The van der Waals surface area contributed by atoms with Gasteiger partial charge in [-0.15, -0.1) is 0 Å². The highest BCUT2D eigenvalue weighted by Gasteiger charge is 2.65. The molecule has 5 fully saturated rings. The first-order chi connectivity index (χ1) is 17.0. The van der Waals surface area contributed by atoms with Gasteiger partial charge in [-0.3, -0.25) is 9.48 Å². The summed E-state index contributed by atoms with van der Waals surface area (Å²) in [6.07, 6.45) is 18.1. The molecule has 2 unspecified atom stereocenters. The normalized spacial score (nSPS) is 42.5. The van der Waals surface area contributed by atoms with E-state index in [4.69, 9.17) is 10.00 Å². The Hall–Kier alpha value is -1.67. The Morgan fingerprint density at radius 2 is 1.94 bits per heavy atom. The summed E-state index contributed by atoms with van der Waals surface area (Å²) >= 11 is 0. The summed E-state index contributed by atoms with van der Waals surface area (Å²) in [5.74, 6) is 5.57. The van der Waals surface area contributed by atoms with Crippen molar-refractivity contribution in [3.8, 4) is 6.07 Å². The van der Waals surface area contributed by atoms with Crippen molar-refractivity contribution in [1.29, 1.82) is 5.26 Å². The highest BCUT2D eigenvalue weighted by Crippen LogP contribution is 2.72. The molecule has 0 saturated heterocycles. The first kappa shape index (κ1) is 23.7. The van der Waals surface area contributed by atoms with Gasteiger partial charge in [0.25, 0.3) is 0 Å². The van der Waals surface area contributed by atoms with Gasteiger partial charge in [0.2, 0.25) is 0 Å². The van der Waals surface area contributed by atoms with Gasteiger partial charge in [0.05, 0.1) is 18.3 Å². The lowest BCUT2D eigenvalue weighted by Crippen LogP contribution is -2.56. The Morgan fingerprint density at radius 3 is 2.69 bits per heavy atom. The van der Waals surface area contributed by atoms with Crippen molar-refractivity contribution in [2.45, 2.75) is 91.0 Å². The number of ketones is 1. The second kappa shape index (κ2) is 9.02. The summed E-state index contributed by atoms with van der Waals surface area (Å²) in [5, 5.41) is 13.4. The second-order valence-corrected chi connectivity index (χ2v) is 13.0. The van der Waals surface area contributed by atoms with E-state index in [0.717, 1.165) is 49.2 Å². The molecule has 0 aliphatic heterocycles. The fraction of sp³-hybridized carbons (Fsp3) is 0.833. The minimum absolute atomic E-state index is 0.146. The largest absolute Gasteiger partial charge is 0.381 e. The lowest BCUT2D eigenvalue weighted by molar-refractivity contribution is -0.148. The second-order valence-electron chi connectivity index (χ2n) is 13.0. The van der Waals surface area contributed by atoms with Crippen LogP contribution in [0.1, 0.15) is 90.0 Å². The lowest BCUT2D eigenvalue weighted by Gasteiger charge is -2.62. The SMILES string of the molecule is CCOC[C@H]1CC[C@]2(C3CC3)C3CC[C@@]4(C)C(CC[C@@H]4C(=O)Cn4cc(C#N)cn4)[C@@H]3CC[C@@H]2C1. The molecule has 0 amide bonds. The molecule has 1 aromatic rings. The minimum atomic E-state index is 0.146. The van der Waals surface area contributed by atoms with E-state index in [1.165, 1.54) is 64.2 Å². The first-order valence-electron chi connectivity index (χ1n) is 14.5. The van der Waals surface area contributed by atoms with E-state index < -0.39 is 0 Å². The average molecular weight is 478 g/mol. The summed E-state index contributed by atoms with van der Waals surface area (Å²) in [7, 11) is 0. The van der Waals surface area contributed by atoms with Crippen LogP contribution < -0.4 is 0 Å². The van der Waals surface area contributed by atoms with E-state index in [9.17, 15) is 4.79 Å². The maximum atomic E-state index is 13.5. The van der Waals surface area contributed by atoms with Crippen molar-refractivity contribution in [2.75, 3.05) is 13.2 Å². The standard InChI is InChI=1S/C30H43N3O2/c1-3-35-19-20-10-13-30(22-4-5-22)23(14-20)6-7-24-25-8-9-27(29(25,2)12-11-26(24)30)28(34)18-33-17-21(15-31)16-32-33/h16-17,20,22-27H,3-14,18-19H2,1-2H3/t20-,23+,24-,25?,26?,27+,29-,30+/m0/s1. The van der Waals surface area contributed by atoms with Crippen molar-refractivity contribution in [1.82, 2.24) is 9.78 Å². The summed E-state index contributed by atoms with van der Waals surface area (Å²) in [6, 6.07) is 2.13. The number of carbonyl (C=O) groups is 1. The van der Waals surface area contributed by atoms with E-state index in [0.29, 0.717) is 29.2 Å². The van der Waals surface area contributed by atoms with Crippen molar-refractivity contribution in [3.05, 3.63) is 18.0 Å². The van der Waals surface area contributed by atoms with Gasteiger partial charge in [0.1, 0.15) is 6.07 Å². The predicted octanol–water partition coefficient (Wildman–Crippen LogP) is 6.03. The molecule has 8 atom stereocenters. The highest BCUT2D eigenvalue weighted by molar-refractivity contribution is 5.82. The molecule has 5 saturated carbocycles. The third kappa shape index (κ3) is 3.81. The van der Waals surface area contributed by atoms with Gasteiger partial charge in [-0.05, 0) is 124 Å². The Labute approximate surface area is 211 Å². The van der Waals surface area contributed by atoms with Gasteiger partial charge in [-0.2, -0.15) is 10.4 Å². The number of carbonyl (C=O) groups excluding carboxylic acids is 1. The van der Waals surface area contributed by atoms with Crippen LogP contribution in [-0.2, 0) is 16.1 Å². The summed E-state index contributed by atoms with van der Waals surface area (Å²) in [5.41, 5.74) is 1.28. The zero-order chi connectivity index (χ0) is 24.2. The van der Waals surface area contributed by atoms with Gasteiger partial charge < -0.3 is 4.74 Å². The monoisotopic (exact) mass is 477 g/mol. The van der Waals surface area contributed by atoms with E-state index in [2.05, 4.69) is 25.0 Å². The molecule has 1 aromatic heterocycles. The Bertz CT molecular complexity index is 992. The third-order valence-corrected chi connectivity index (χ3v) is 11.7. The van der Waals surface area contributed by atoms with Crippen LogP contribution in [0, 0.1) is 63.6 Å². The van der Waals surface area contributed by atoms with Crippen LogP contribution in [0.3, 0.4) is 0 Å². The molecule has 0 N–H and O–H groups in total.